The monoisotopic (exact) mass is 281 g/mol. The lowest BCUT2D eigenvalue weighted by molar-refractivity contribution is 0.415. The molecule has 2 heterocycles. The molecule has 0 unspecified atom stereocenters. The van der Waals surface area contributed by atoms with Gasteiger partial charge in [-0.3, -0.25) is 0 Å². The van der Waals surface area contributed by atoms with Crippen LogP contribution in [0.5, 0.6) is 5.75 Å². The maximum absolute atomic E-state index is 5.27. The SMILES string of the molecule is COc1cccc(-c2cnc3cc(C(C)(C)C)nn3c2)c1. The van der Waals surface area contributed by atoms with Gasteiger partial charge in [-0.1, -0.05) is 32.9 Å². The highest BCUT2D eigenvalue weighted by Gasteiger charge is 2.18. The summed E-state index contributed by atoms with van der Waals surface area (Å²) in [5, 5.41) is 4.64. The first-order valence-electron chi connectivity index (χ1n) is 6.98. The lowest BCUT2D eigenvalue weighted by atomic mass is 9.93. The van der Waals surface area contributed by atoms with E-state index in [0.717, 1.165) is 28.2 Å². The van der Waals surface area contributed by atoms with E-state index in [1.165, 1.54) is 0 Å². The Kier molecular flexibility index (Phi) is 3.16. The van der Waals surface area contributed by atoms with Crippen LogP contribution in [0.1, 0.15) is 26.5 Å². The van der Waals surface area contributed by atoms with E-state index in [0.29, 0.717) is 0 Å². The third-order valence-corrected chi connectivity index (χ3v) is 3.48. The highest BCUT2D eigenvalue weighted by molar-refractivity contribution is 5.64. The van der Waals surface area contributed by atoms with Crippen LogP contribution in [0.3, 0.4) is 0 Å². The van der Waals surface area contributed by atoms with Crippen LogP contribution < -0.4 is 4.74 Å². The lowest BCUT2D eigenvalue weighted by Gasteiger charge is -2.13. The maximum Gasteiger partial charge on any atom is 0.155 e. The Morgan fingerprint density at radius 1 is 1.10 bits per heavy atom. The van der Waals surface area contributed by atoms with Crippen LogP contribution in [0.2, 0.25) is 0 Å². The van der Waals surface area contributed by atoms with Crippen LogP contribution in [0.25, 0.3) is 16.8 Å². The largest absolute Gasteiger partial charge is 0.497 e. The standard InChI is InChI=1S/C17H19N3O/c1-17(2,3)15-9-16-18-10-13(11-20(16)19-15)12-6-5-7-14(8-12)21-4/h5-11H,1-4H3. The summed E-state index contributed by atoms with van der Waals surface area (Å²) in [5.41, 5.74) is 4.01. The molecule has 0 saturated carbocycles. The quantitative estimate of drug-likeness (QED) is 0.719. The van der Waals surface area contributed by atoms with Gasteiger partial charge in [0, 0.05) is 29.4 Å². The Balaban J connectivity index is 2.08. The molecule has 4 heteroatoms. The third kappa shape index (κ3) is 2.61. The number of rotatable bonds is 2. The minimum absolute atomic E-state index is 0.0177. The zero-order valence-corrected chi connectivity index (χ0v) is 12.8. The molecule has 0 aliphatic heterocycles. The minimum Gasteiger partial charge on any atom is -0.497 e. The summed E-state index contributed by atoms with van der Waals surface area (Å²) in [4.78, 5) is 4.51. The molecule has 0 atom stereocenters. The Hall–Kier alpha value is -2.36. The van der Waals surface area contributed by atoms with Gasteiger partial charge in [-0.05, 0) is 17.7 Å². The van der Waals surface area contributed by atoms with Crippen LogP contribution >= 0.6 is 0 Å². The first kappa shape index (κ1) is 13.6. The summed E-state index contributed by atoms with van der Waals surface area (Å²) in [6, 6.07) is 9.98. The zero-order valence-electron chi connectivity index (χ0n) is 12.8. The smallest absolute Gasteiger partial charge is 0.155 e. The van der Waals surface area contributed by atoms with Gasteiger partial charge in [0.1, 0.15) is 5.75 Å². The molecule has 4 nitrogen and oxygen atoms in total. The molecule has 0 radical (unpaired) electrons. The highest BCUT2D eigenvalue weighted by Crippen LogP contribution is 2.25. The van der Waals surface area contributed by atoms with Gasteiger partial charge in [0.25, 0.3) is 0 Å². The van der Waals surface area contributed by atoms with Gasteiger partial charge in [-0.2, -0.15) is 5.10 Å². The van der Waals surface area contributed by atoms with Crippen LogP contribution in [0, 0.1) is 0 Å². The number of benzene rings is 1. The van der Waals surface area contributed by atoms with Crippen molar-refractivity contribution in [2.75, 3.05) is 7.11 Å². The summed E-state index contributed by atoms with van der Waals surface area (Å²) in [7, 11) is 1.67. The van der Waals surface area contributed by atoms with Crippen LogP contribution in [0.4, 0.5) is 0 Å². The maximum atomic E-state index is 5.27. The minimum atomic E-state index is 0.0177. The molecule has 21 heavy (non-hydrogen) atoms. The van der Waals surface area contributed by atoms with E-state index in [4.69, 9.17) is 4.74 Å². The topological polar surface area (TPSA) is 39.4 Å². The summed E-state index contributed by atoms with van der Waals surface area (Å²) in [5.74, 6) is 0.837. The predicted molar refractivity (Wildman–Crippen MR) is 83.7 cm³/mol. The lowest BCUT2D eigenvalue weighted by Crippen LogP contribution is -2.11. The molecular weight excluding hydrogens is 262 g/mol. The second kappa shape index (κ2) is 4.88. The number of ether oxygens (including phenoxy) is 1. The molecule has 108 valence electrons. The molecule has 3 rings (SSSR count). The summed E-state index contributed by atoms with van der Waals surface area (Å²) >= 11 is 0. The number of methoxy groups -OCH3 is 1. The molecule has 0 spiro atoms. The fourth-order valence-electron chi connectivity index (χ4n) is 2.19. The van der Waals surface area contributed by atoms with Gasteiger partial charge in [-0.15, -0.1) is 0 Å². The van der Waals surface area contributed by atoms with E-state index in [9.17, 15) is 0 Å². The highest BCUT2D eigenvalue weighted by atomic mass is 16.5. The van der Waals surface area contributed by atoms with Crippen molar-refractivity contribution in [2.24, 2.45) is 0 Å². The van der Waals surface area contributed by atoms with E-state index < -0.39 is 0 Å². The van der Waals surface area contributed by atoms with Crippen molar-refractivity contribution in [3.8, 4) is 16.9 Å². The summed E-state index contributed by atoms with van der Waals surface area (Å²) in [6.07, 6.45) is 3.88. The van der Waals surface area contributed by atoms with Crippen molar-refractivity contribution < 1.29 is 4.74 Å². The Morgan fingerprint density at radius 3 is 2.62 bits per heavy atom. The second-order valence-electron chi connectivity index (χ2n) is 6.16. The normalized spacial score (nSPS) is 11.8. The van der Waals surface area contributed by atoms with Gasteiger partial charge in [0.05, 0.1) is 12.8 Å². The number of hydrogen-bond donors (Lipinski definition) is 0. The van der Waals surface area contributed by atoms with E-state index >= 15 is 0 Å². The molecule has 0 saturated heterocycles. The molecule has 0 N–H and O–H groups in total. The van der Waals surface area contributed by atoms with E-state index in [1.54, 1.807) is 7.11 Å². The van der Waals surface area contributed by atoms with Crippen molar-refractivity contribution in [1.82, 2.24) is 14.6 Å². The Labute approximate surface area is 124 Å². The second-order valence-corrected chi connectivity index (χ2v) is 6.16. The van der Waals surface area contributed by atoms with Gasteiger partial charge in [0.2, 0.25) is 0 Å². The van der Waals surface area contributed by atoms with Gasteiger partial charge in [0.15, 0.2) is 5.65 Å². The Morgan fingerprint density at radius 2 is 1.90 bits per heavy atom. The Bertz CT molecular complexity index is 784. The number of fused-ring (bicyclic) bond motifs is 1. The van der Waals surface area contributed by atoms with Gasteiger partial charge >= 0.3 is 0 Å². The molecule has 0 fully saturated rings. The van der Waals surface area contributed by atoms with Crippen molar-refractivity contribution in [2.45, 2.75) is 26.2 Å². The third-order valence-electron chi connectivity index (χ3n) is 3.48. The van der Waals surface area contributed by atoms with Crippen molar-refractivity contribution in [3.63, 3.8) is 0 Å². The fourth-order valence-corrected chi connectivity index (χ4v) is 2.19. The first-order valence-corrected chi connectivity index (χ1v) is 6.98. The molecule has 3 aromatic rings. The van der Waals surface area contributed by atoms with Crippen LogP contribution in [-0.2, 0) is 5.41 Å². The van der Waals surface area contributed by atoms with Crippen molar-refractivity contribution in [1.29, 1.82) is 0 Å². The number of nitrogens with zero attached hydrogens (tertiary/aromatic N) is 3. The molecule has 0 amide bonds. The van der Waals surface area contributed by atoms with E-state index in [1.807, 2.05) is 47.2 Å². The first-order chi connectivity index (χ1) is 9.97. The summed E-state index contributed by atoms with van der Waals surface area (Å²) in [6.45, 7) is 6.45. The summed E-state index contributed by atoms with van der Waals surface area (Å²) < 4.78 is 7.11. The van der Waals surface area contributed by atoms with Crippen molar-refractivity contribution >= 4 is 5.65 Å². The van der Waals surface area contributed by atoms with Gasteiger partial charge < -0.3 is 4.74 Å². The van der Waals surface area contributed by atoms with E-state index in [2.05, 4.69) is 30.9 Å². The fraction of sp³-hybridized carbons (Fsp3) is 0.294. The molecule has 0 aliphatic carbocycles. The number of aromatic nitrogens is 3. The van der Waals surface area contributed by atoms with Crippen LogP contribution in [0.15, 0.2) is 42.7 Å². The van der Waals surface area contributed by atoms with Crippen molar-refractivity contribution in [3.05, 3.63) is 48.4 Å². The zero-order chi connectivity index (χ0) is 15.0. The van der Waals surface area contributed by atoms with Crippen LogP contribution in [-0.4, -0.2) is 21.7 Å². The van der Waals surface area contributed by atoms with E-state index in [-0.39, 0.29) is 5.41 Å². The molecule has 0 bridgehead atoms. The average molecular weight is 281 g/mol. The number of hydrogen-bond acceptors (Lipinski definition) is 3. The average Bonchev–Trinajstić information content (AvgIpc) is 2.90. The molecule has 2 aromatic heterocycles. The molecule has 0 aliphatic rings. The molecule has 1 aromatic carbocycles. The predicted octanol–water partition coefficient (Wildman–Crippen LogP) is 3.70. The van der Waals surface area contributed by atoms with Gasteiger partial charge in [-0.25, -0.2) is 9.50 Å². The molecular formula is C17H19N3O.